The van der Waals surface area contributed by atoms with Gasteiger partial charge in [-0.1, -0.05) is 99.5 Å². The Morgan fingerprint density at radius 1 is 0.564 bits per heavy atom. The highest BCUT2D eigenvalue weighted by Crippen LogP contribution is 2.28. The molecule has 9 N–H and O–H groups in total. The van der Waals surface area contributed by atoms with E-state index < -0.39 is 0 Å². The Balaban J connectivity index is 0.000000212. The van der Waals surface area contributed by atoms with Crippen LogP contribution in [0.4, 0.5) is 0 Å². The predicted octanol–water partition coefficient (Wildman–Crippen LogP) is 7.62. The van der Waals surface area contributed by atoms with Crippen molar-refractivity contribution in [2.45, 2.75) is 167 Å². The average Bonchev–Trinajstić information content (AvgIpc) is 3.21. The zero-order valence-electron chi connectivity index (χ0n) is 34.1. The van der Waals surface area contributed by atoms with Gasteiger partial charge in [-0.15, -0.1) is 0 Å². The fourth-order valence-corrected chi connectivity index (χ4v) is 8.69. The largest absolute Gasteiger partial charge is 0.507 e. The van der Waals surface area contributed by atoms with Crippen molar-refractivity contribution < 1.29 is 14.6 Å². The minimum atomic E-state index is 0.287. The molecule has 4 unspecified atom stereocenters. The fraction of sp³-hybridized carbons (Fsp3) is 0.609. The van der Waals surface area contributed by atoms with Crippen molar-refractivity contribution in [3.8, 4) is 17.2 Å². The molecule has 0 heterocycles. The summed E-state index contributed by atoms with van der Waals surface area (Å²) in [5.74, 6) is 2.39. The van der Waals surface area contributed by atoms with Gasteiger partial charge in [0.2, 0.25) is 0 Å². The van der Waals surface area contributed by atoms with Crippen molar-refractivity contribution in [3.05, 3.63) is 88.0 Å². The third kappa shape index (κ3) is 12.9. The molecule has 3 saturated carbocycles. The van der Waals surface area contributed by atoms with Crippen LogP contribution < -0.4 is 42.2 Å². The maximum absolute atomic E-state index is 10.3. The van der Waals surface area contributed by atoms with Gasteiger partial charge in [-0.2, -0.15) is 0 Å². The number of benzene rings is 3. The van der Waals surface area contributed by atoms with Crippen molar-refractivity contribution in [1.82, 2.24) is 21.3 Å². The summed E-state index contributed by atoms with van der Waals surface area (Å²) < 4.78 is 12.0. The molecule has 55 heavy (non-hydrogen) atoms. The van der Waals surface area contributed by atoms with Gasteiger partial charge in [0.1, 0.15) is 17.2 Å². The Morgan fingerprint density at radius 2 is 1.00 bits per heavy atom. The predicted molar refractivity (Wildman–Crippen MR) is 226 cm³/mol. The topological polar surface area (TPSA) is 139 Å². The first-order valence-corrected chi connectivity index (χ1v) is 21.5. The van der Waals surface area contributed by atoms with E-state index in [9.17, 15) is 5.11 Å². The lowest BCUT2D eigenvalue weighted by molar-refractivity contribution is 0.277. The fourth-order valence-electron chi connectivity index (χ4n) is 8.69. The number of aryl methyl sites for hydroxylation is 1. The van der Waals surface area contributed by atoms with Gasteiger partial charge in [-0.05, 0) is 64.9 Å². The van der Waals surface area contributed by atoms with E-state index in [-0.39, 0.29) is 6.04 Å². The number of ether oxygens (including phenoxy) is 2. The minimum absolute atomic E-state index is 0.287. The first-order valence-electron chi connectivity index (χ1n) is 21.5. The lowest BCUT2D eigenvalue weighted by Crippen LogP contribution is -2.49. The first kappa shape index (κ1) is 43.0. The van der Waals surface area contributed by atoms with Crippen molar-refractivity contribution in [2.24, 2.45) is 11.5 Å². The van der Waals surface area contributed by atoms with Crippen molar-refractivity contribution >= 4 is 0 Å². The van der Waals surface area contributed by atoms with Crippen molar-refractivity contribution in [1.29, 1.82) is 0 Å². The molecule has 0 aliphatic heterocycles. The number of hydrogen-bond acceptors (Lipinski definition) is 9. The number of phenols is 1. The second-order valence-corrected chi connectivity index (χ2v) is 15.9. The highest BCUT2D eigenvalue weighted by Gasteiger charge is 2.26. The quantitative estimate of drug-likeness (QED) is 0.0742. The summed E-state index contributed by atoms with van der Waals surface area (Å²) in [6, 6.07) is 20.9. The second kappa shape index (κ2) is 23.1. The van der Waals surface area contributed by atoms with Crippen LogP contribution in [0.15, 0.2) is 54.6 Å². The number of nitrogens with two attached hydrogens (primary N) is 2. The summed E-state index contributed by atoms with van der Waals surface area (Å²) >= 11 is 0. The van der Waals surface area contributed by atoms with E-state index in [1.165, 1.54) is 75.3 Å². The Labute approximate surface area is 332 Å². The lowest BCUT2D eigenvalue weighted by Gasteiger charge is -2.33. The molecule has 0 amide bonds. The molecule has 6 rings (SSSR count). The molecule has 3 aliphatic carbocycles. The molecule has 0 spiro atoms. The van der Waals surface area contributed by atoms with Gasteiger partial charge >= 0.3 is 0 Å². The molecule has 9 heteroatoms. The molecule has 4 atom stereocenters. The molecule has 3 fully saturated rings. The van der Waals surface area contributed by atoms with Crippen LogP contribution in [0.5, 0.6) is 17.2 Å². The van der Waals surface area contributed by atoms with Crippen LogP contribution in [-0.2, 0) is 32.7 Å². The van der Waals surface area contributed by atoms with E-state index in [0.29, 0.717) is 56.2 Å². The van der Waals surface area contributed by atoms with Crippen LogP contribution in [-0.4, -0.2) is 48.5 Å². The molecule has 304 valence electrons. The molecule has 3 aromatic rings. The Hall–Kier alpha value is -3.18. The molecule has 0 saturated heterocycles. The van der Waals surface area contributed by atoms with E-state index in [0.717, 1.165) is 72.6 Å². The number of phenolic OH excluding ortho intramolecular Hbond substituents is 1. The Kier molecular flexibility index (Phi) is 18.1. The molecule has 3 aromatic carbocycles. The van der Waals surface area contributed by atoms with Gasteiger partial charge in [0.25, 0.3) is 0 Å². The summed E-state index contributed by atoms with van der Waals surface area (Å²) in [4.78, 5) is 0. The van der Waals surface area contributed by atoms with Gasteiger partial charge in [-0.25, -0.2) is 0 Å². The summed E-state index contributed by atoms with van der Waals surface area (Å²) in [5, 5.41) is 25.2. The summed E-state index contributed by atoms with van der Waals surface area (Å²) in [7, 11) is 0. The van der Waals surface area contributed by atoms with Crippen LogP contribution >= 0.6 is 0 Å². The zero-order valence-corrected chi connectivity index (χ0v) is 34.1. The number of aromatic hydroxyl groups is 1. The SMILES string of the molecule is CCOc1c(CN)cccc1CNC1CCCCC1NCc1cccc(C)c1O.CCOc1c(CNC2CCCCC2)cccc1CNC1CCCCC1N. The number of rotatable bonds is 17. The average molecular weight is 757 g/mol. The summed E-state index contributed by atoms with van der Waals surface area (Å²) in [6.07, 6.45) is 16.4. The zero-order chi connectivity index (χ0) is 38.8. The van der Waals surface area contributed by atoms with Crippen LogP contribution in [0.1, 0.15) is 131 Å². The third-order valence-electron chi connectivity index (χ3n) is 11.9. The van der Waals surface area contributed by atoms with E-state index in [2.05, 4.69) is 58.5 Å². The highest BCUT2D eigenvalue weighted by atomic mass is 16.5. The van der Waals surface area contributed by atoms with Gasteiger partial charge in [0, 0.05) is 90.8 Å². The Morgan fingerprint density at radius 3 is 1.56 bits per heavy atom. The van der Waals surface area contributed by atoms with Crippen molar-refractivity contribution in [2.75, 3.05) is 13.2 Å². The maximum atomic E-state index is 10.3. The number of para-hydroxylation sites is 3. The van der Waals surface area contributed by atoms with E-state index in [1.807, 2.05) is 38.1 Å². The van der Waals surface area contributed by atoms with E-state index in [1.54, 1.807) is 0 Å². The van der Waals surface area contributed by atoms with Gasteiger partial charge < -0.3 is 47.3 Å². The Bertz CT molecular complexity index is 1560. The minimum Gasteiger partial charge on any atom is -0.507 e. The smallest absolute Gasteiger partial charge is 0.128 e. The maximum Gasteiger partial charge on any atom is 0.128 e. The molecular weight excluding hydrogens is 685 g/mol. The van der Waals surface area contributed by atoms with E-state index in [4.69, 9.17) is 20.9 Å². The number of nitrogens with one attached hydrogen (secondary N) is 4. The summed E-state index contributed by atoms with van der Waals surface area (Å²) in [6.45, 7) is 11.0. The van der Waals surface area contributed by atoms with Crippen LogP contribution in [0, 0.1) is 6.92 Å². The molecule has 9 nitrogen and oxygen atoms in total. The monoisotopic (exact) mass is 757 g/mol. The third-order valence-corrected chi connectivity index (χ3v) is 11.9. The van der Waals surface area contributed by atoms with Gasteiger partial charge in [-0.3, -0.25) is 0 Å². The molecule has 0 aromatic heterocycles. The second-order valence-electron chi connectivity index (χ2n) is 15.9. The van der Waals surface area contributed by atoms with Crippen LogP contribution in [0.3, 0.4) is 0 Å². The van der Waals surface area contributed by atoms with Crippen molar-refractivity contribution in [3.63, 3.8) is 0 Å². The normalized spacial score (nSPS) is 21.8. The molecule has 0 bridgehead atoms. The summed E-state index contributed by atoms with van der Waals surface area (Å²) in [5.41, 5.74) is 18.8. The van der Waals surface area contributed by atoms with Gasteiger partial charge in [0.15, 0.2) is 0 Å². The van der Waals surface area contributed by atoms with Gasteiger partial charge in [0.05, 0.1) is 13.2 Å². The lowest BCUT2D eigenvalue weighted by atomic mass is 9.89. The molecular formula is C46H72N6O3. The first-order chi connectivity index (χ1) is 26.9. The van der Waals surface area contributed by atoms with E-state index >= 15 is 0 Å². The highest BCUT2D eigenvalue weighted by molar-refractivity contribution is 5.43. The molecule has 0 radical (unpaired) electrons. The molecule has 3 aliphatic rings. The van der Waals surface area contributed by atoms with Crippen LogP contribution in [0.25, 0.3) is 0 Å². The van der Waals surface area contributed by atoms with Crippen LogP contribution in [0.2, 0.25) is 0 Å². The standard InChI is InChI=1S/C24H35N3O2.C22H37N3O/c1-3-29-24-18(14-25)9-7-11-20(24)16-27-22-13-5-4-12-21(22)26-15-19-10-6-8-17(2)23(19)28;1-2-26-22-17(15-24-19-11-4-3-5-12-19)9-8-10-18(22)16-25-21-14-7-6-13-20(21)23/h6-11,21-22,26-28H,3-5,12-16,25H2,1-2H3;8-10,19-21,24-25H,2-7,11-16,23H2,1H3. The number of hydrogen-bond donors (Lipinski definition) is 7.